The topological polar surface area (TPSA) is 0 Å². The Morgan fingerprint density at radius 3 is 1.66 bits per heavy atom. The van der Waals surface area contributed by atoms with Crippen LogP contribution in [0.15, 0.2) is 30.3 Å². The van der Waals surface area contributed by atoms with Crippen molar-refractivity contribution in [3.63, 3.8) is 0 Å². The first kappa shape index (κ1) is 19.1. The van der Waals surface area contributed by atoms with Gasteiger partial charge in [-0.25, -0.2) is 39.5 Å². The summed E-state index contributed by atoms with van der Waals surface area (Å²) in [6, 6.07) is 3.56. The van der Waals surface area contributed by atoms with Crippen LogP contribution in [-0.2, 0) is 0 Å². The molecule has 4 aromatic carbocycles. The molecule has 9 heteroatoms. The van der Waals surface area contributed by atoms with Gasteiger partial charge in [0.2, 0.25) is 0 Å². The van der Waals surface area contributed by atoms with E-state index in [0.717, 1.165) is 24.3 Å². The van der Waals surface area contributed by atoms with Crippen LogP contribution in [0.2, 0.25) is 0 Å². The summed E-state index contributed by atoms with van der Waals surface area (Å²) in [5, 5.41) is -3.35. The lowest BCUT2D eigenvalue weighted by Crippen LogP contribution is -2.04. The van der Waals surface area contributed by atoms with Crippen LogP contribution in [-0.4, -0.2) is 0 Å². The van der Waals surface area contributed by atoms with E-state index < -0.39 is 79.6 Å². The van der Waals surface area contributed by atoms with E-state index in [-0.39, 0.29) is 11.5 Å². The van der Waals surface area contributed by atoms with Crippen molar-refractivity contribution < 1.29 is 39.5 Å². The van der Waals surface area contributed by atoms with Gasteiger partial charge in [0, 0.05) is 27.8 Å². The van der Waals surface area contributed by atoms with E-state index in [1.165, 1.54) is 0 Å². The van der Waals surface area contributed by atoms with Gasteiger partial charge in [-0.05, 0) is 17.5 Å². The van der Waals surface area contributed by atoms with E-state index in [2.05, 4.69) is 0 Å². The second-order valence-corrected chi connectivity index (χ2v) is 6.11. The van der Waals surface area contributed by atoms with Crippen molar-refractivity contribution >= 4 is 21.5 Å². The molecule has 29 heavy (non-hydrogen) atoms. The minimum absolute atomic E-state index is 0.144. The van der Waals surface area contributed by atoms with E-state index >= 15 is 0 Å². The Bertz CT molecular complexity index is 1320. The molecule has 0 aliphatic rings. The zero-order valence-corrected chi connectivity index (χ0v) is 13.8. The smallest absolute Gasteiger partial charge is 0.198 e. The van der Waals surface area contributed by atoms with Gasteiger partial charge in [-0.15, -0.1) is 0 Å². The minimum Gasteiger partial charge on any atom is -0.206 e. The molecule has 0 nitrogen and oxygen atoms in total. The summed E-state index contributed by atoms with van der Waals surface area (Å²) in [4.78, 5) is 0. The molecule has 0 saturated carbocycles. The van der Waals surface area contributed by atoms with Crippen molar-refractivity contribution in [3.05, 3.63) is 82.7 Å². The second kappa shape index (κ2) is 6.40. The molecule has 0 unspecified atom stereocenters. The molecule has 4 rings (SSSR count). The number of rotatable bonds is 1. The van der Waals surface area contributed by atoms with Crippen LogP contribution in [0.3, 0.4) is 0 Å². The van der Waals surface area contributed by atoms with Crippen molar-refractivity contribution in [1.82, 2.24) is 0 Å². The fraction of sp³-hybridized carbons (Fsp3) is 0. The van der Waals surface area contributed by atoms with Crippen molar-refractivity contribution in [3.8, 4) is 11.1 Å². The predicted octanol–water partition coefficient (Wildman–Crippen LogP) is 6.91. The zero-order valence-electron chi connectivity index (χ0n) is 13.8. The number of hydrogen-bond donors (Lipinski definition) is 0. The van der Waals surface area contributed by atoms with Crippen LogP contribution in [0.25, 0.3) is 32.7 Å². The highest BCUT2D eigenvalue weighted by Gasteiger charge is 2.30. The number of hydrogen-bond acceptors (Lipinski definition) is 0. The standard InChI is InChI=1S/C20H5F9/c21-8-3-1-2-6-4-7-12(18(27)20(29)19(28)15(7)24)13(11(6)8)14-16(25)9(22)5-10(23)17(14)26/h1-5H. The van der Waals surface area contributed by atoms with Crippen LogP contribution in [0.5, 0.6) is 0 Å². The maximum Gasteiger partial charge on any atom is 0.198 e. The third-order valence-electron chi connectivity index (χ3n) is 4.51. The highest BCUT2D eigenvalue weighted by atomic mass is 19.2. The van der Waals surface area contributed by atoms with Crippen molar-refractivity contribution in [2.75, 3.05) is 0 Å². The van der Waals surface area contributed by atoms with E-state index in [0.29, 0.717) is 0 Å². The Kier molecular flexibility index (Phi) is 4.21. The van der Waals surface area contributed by atoms with Crippen molar-refractivity contribution in [1.29, 1.82) is 0 Å². The molecule has 148 valence electrons. The molecule has 4 aromatic rings. The van der Waals surface area contributed by atoms with Crippen LogP contribution >= 0.6 is 0 Å². The van der Waals surface area contributed by atoms with Crippen LogP contribution < -0.4 is 0 Å². The maximum atomic E-state index is 14.6. The number of benzene rings is 4. The molecule has 0 bridgehead atoms. The molecule has 0 aliphatic heterocycles. The Hall–Kier alpha value is -3.23. The van der Waals surface area contributed by atoms with E-state index in [1.54, 1.807) is 0 Å². The van der Waals surface area contributed by atoms with Crippen LogP contribution in [0.1, 0.15) is 0 Å². The van der Waals surface area contributed by atoms with E-state index in [1.807, 2.05) is 0 Å². The Balaban J connectivity index is 2.43. The highest BCUT2D eigenvalue weighted by molar-refractivity contribution is 6.13. The van der Waals surface area contributed by atoms with Crippen LogP contribution in [0.4, 0.5) is 39.5 Å². The lowest BCUT2D eigenvalue weighted by Gasteiger charge is -2.16. The molecule has 0 saturated heterocycles. The fourth-order valence-electron chi connectivity index (χ4n) is 3.28. The monoisotopic (exact) mass is 416 g/mol. The predicted molar refractivity (Wildman–Crippen MR) is 86.5 cm³/mol. The molecule has 0 amide bonds. The quantitative estimate of drug-likeness (QED) is 0.137. The van der Waals surface area contributed by atoms with Gasteiger partial charge in [0.25, 0.3) is 0 Å². The first-order valence-corrected chi connectivity index (χ1v) is 7.85. The maximum absolute atomic E-state index is 14.6. The third kappa shape index (κ3) is 2.56. The number of halogens is 9. The van der Waals surface area contributed by atoms with Gasteiger partial charge in [0.05, 0.1) is 5.56 Å². The summed E-state index contributed by atoms with van der Waals surface area (Å²) in [5.41, 5.74) is -2.79. The Morgan fingerprint density at radius 1 is 0.448 bits per heavy atom. The summed E-state index contributed by atoms with van der Waals surface area (Å²) < 4.78 is 127. The first-order valence-electron chi connectivity index (χ1n) is 7.85. The molecule has 0 N–H and O–H groups in total. The number of fused-ring (bicyclic) bond motifs is 2. The lowest BCUT2D eigenvalue weighted by molar-refractivity contribution is 0.418. The summed E-state index contributed by atoms with van der Waals surface area (Å²) >= 11 is 0. The van der Waals surface area contributed by atoms with Gasteiger partial charge >= 0.3 is 0 Å². The van der Waals surface area contributed by atoms with Gasteiger partial charge in [-0.3, -0.25) is 0 Å². The second-order valence-electron chi connectivity index (χ2n) is 6.11. The Labute approximate surface area is 155 Å². The molecular formula is C20H5F9. The van der Waals surface area contributed by atoms with Crippen LogP contribution in [0, 0.1) is 52.4 Å². The third-order valence-corrected chi connectivity index (χ3v) is 4.51. The average molecular weight is 416 g/mol. The summed E-state index contributed by atoms with van der Waals surface area (Å²) in [6.45, 7) is 0. The highest BCUT2D eigenvalue weighted by Crippen LogP contribution is 2.43. The zero-order chi connectivity index (χ0) is 21.2. The summed E-state index contributed by atoms with van der Waals surface area (Å²) in [5.74, 6) is -17.8. The average Bonchev–Trinajstić information content (AvgIpc) is 2.69. The molecule has 0 radical (unpaired) electrons. The minimum atomic E-state index is -2.34. The lowest BCUT2D eigenvalue weighted by atomic mass is 9.90. The van der Waals surface area contributed by atoms with Crippen molar-refractivity contribution in [2.24, 2.45) is 0 Å². The van der Waals surface area contributed by atoms with Gasteiger partial charge in [0.1, 0.15) is 5.82 Å². The molecule has 0 spiro atoms. The molecular weight excluding hydrogens is 411 g/mol. The van der Waals surface area contributed by atoms with Gasteiger partial charge in [-0.2, -0.15) is 0 Å². The summed E-state index contributed by atoms with van der Waals surface area (Å²) in [6.07, 6.45) is 0. The van der Waals surface area contributed by atoms with Gasteiger partial charge in [0.15, 0.2) is 46.5 Å². The molecule has 0 fully saturated rings. The molecule has 0 heterocycles. The molecule has 0 atom stereocenters. The fourth-order valence-corrected chi connectivity index (χ4v) is 3.28. The SMILES string of the molecule is Fc1cc(F)c(F)c(-c2c3c(F)cccc3cc3c(F)c(F)c(F)c(F)c23)c1F. The first-order chi connectivity index (χ1) is 13.6. The summed E-state index contributed by atoms with van der Waals surface area (Å²) in [7, 11) is 0. The van der Waals surface area contributed by atoms with Crippen molar-refractivity contribution in [2.45, 2.75) is 0 Å². The van der Waals surface area contributed by atoms with E-state index in [9.17, 15) is 39.5 Å². The molecule has 0 aliphatic carbocycles. The van der Waals surface area contributed by atoms with E-state index in [4.69, 9.17) is 0 Å². The normalized spacial score (nSPS) is 11.6. The van der Waals surface area contributed by atoms with Gasteiger partial charge < -0.3 is 0 Å². The Morgan fingerprint density at radius 2 is 1.03 bits per heavy atom. The molecule has 0 aromatic heterocycles. The van der Waals surface area contributed by atoms with Gasteiger partial charge in [-0.1, -0.05) is 12.1 Å². The largest absolute Gasteiger partial charge is 0.206 e.